The van der Waals surface area contributed by atoms with E-state index in [1.807, 2.05) is 36.5 Å². The molecule has 0 N–H and O–H groups in total. The number of para-hydroxylation sites is 1. The van der Waals surface area contributed by atoms with Gasteiger partial charge in [-0.05, 0) is 85.5 Å². The molecule has 62 heavy (non-hydrogen) atoms. The van der Waals surface area contributed by atoms with E-state index in [-0.39, 0.29) is 29.0 Å². The van der Waals surface area contributed by atoms with Crippen LogP contribution in [0.1, 0.15) is 34.5 Å². The van der Waals surface area contributed by atoms with Crippen molar-refractivity contribution < 1.29 is 37.3 Å². The third kappa shape index (κ3) is 10.1. The summed E-state index contributed by atoms with van der Waals surface area (Å²) in [5, 5.41) is 9.43. The lowest BCUT2D eigenvalue weighted by molar-refractivity contribution is 0.0600. The van der Waals surface area contributed by atoms with Gasteiger partial charge in [0, 0.05) is 29.5 Å². The zero-order chi connectivity index (χ0) is 42.7. The van der Waals surface area contributed by atoms with Gasteiger partial charge in [-0.25, -0.2) is 9.48 Å². The summed E-state index contributed by atoms with van der Waals surface area (Å²) in [7, 11) is 1.32. The van der Waals surface area contributed by atoms with Gasteiger partial charge in [0.25, 0.3) is 0 Å². The number of aromatic nitrogens is 3. The molecule has 13 nitrogen and oxygen atoms in total. The van der Waals surface area contributed by atoms with Gasteiger partial charge in [0.05, 0.1) is 55.5 Å². The van der Waals surface area contributed by atoms with Crippen molar-refractivity contribution >= 4 is 27.9 Å². The van der Waals surface area contributed by atoms with Crippen molar-refractivity contribution in [3.05, 3.63) is 171 Å². The number of esters is 1. The van der Waals surface area contributed by atoms with Crippen LogP contribution in [0.25, 0.3) is 44.6 Å². The maximum atomic E-state index is 13.6. The molecule has 8 rings (SSSR count). The second-order valence-corrected chi connectivity index (χ2v) is 14.3. The van der Waals surface area contributed by atoms with Crippen LogP contribution in [0, 0.1) is 0 Å². The number of ether oxygens (including phenoxy) is 5. The Kier molecular flexibility index (Phi) is 13.1. The highest BCUT2D eigenvalue weighted by molar-refractivity contribution is 5.89. The molecule has 0 unspecified atom stereocenters. The Morgan fingerprint density at radius 1 is 0.677 bits per heavy atom. The molecule has 3 aromatic heterocycles. The van der Waals surface area contributed by atoms with Gasteiger partial charge in [-0.2, -0.15) is 0 Å². The summed E-state index contributed by atoms with van der Waals surface area (Å²) in [5.41, 5.74) is 3.96. The Morgan fingerprint density at radius 3 is 2.34 bits per heavy atom. The molecule has 314 valence electrons. The average molecular weight is 834 g/mol. The second-order valence-electron chi connectivity index (χ2n) is 14.3. The number of methoxy groups -OCH3 is 1. The summed E-state index contributed by atoms with van der Waals surface area (Å²) >= 11 is 0. The normalized spacial score (nSPS) is 11.2. The number of unbranched alkanes of at least 4 members (excludes halogenated alkanes) is 1. The number of rotatable bonds is 19. The highest BCUT2D eigenvalue weighted by Gasteiger charge is 2.19. The molecular weight excluding hydrogens is 791 g/mol. The monoisotopic (exact) mass is 833 g/mol. The smallest absolute Gasteiger partial charge is 0.337 e. The maximum Gasteiger partial charge on any atom is 0.337 e. The van der Waals surface area contributed by atoms with Crippen molar-refractivity contribution in [3.63, 3.8) is 0 Å². The Bertz CT molecular complexity index is 2900. The van der Waals surface area contributed by atoms with Crippen LogP contribution in [0.2, 0.25) is 0 Å². The van der Waals surface area contributed by atoms with Crippen LogP contribution in [0.4, 0.5) is 0 Å². The molecule has 0 fully saturated rings. The van der Waals surface area contributed by atoms with Crippen molar-refractivity contribution in [2.24, 2.45) is 0 Å². The van der Waals surface area contributed by atoms with Gasteiger partial charge in [0.1, 0.15) is 41.6 Å². The molecule has 0 spiro atoms. The van der Waals surface area contributed by atoms with Crippen LogP contribution >= 0.6 is 0 Å². The van der Waals surface area contributed by atoms with Crippen LogP contribution in [0.15, 0.2) is 152 Å². The number of hydrogen-bond donors (Lipinski definition) is 0. The van der Waals surface area contributed by atoms with Crippen molar-refractivity contribution in [3.8, 4) is 39.9 Å². The zero-order valence-corrected chi connectivity index (χ0v) is 34.0. The average Bonchev–Trinajstić information content (AvgIpc) is 3.77. The molecule has 0 aliphatic rings. The number of fused-ring (bicyclic) bond motifs is 2. The molecule has 0 atom stereocenters. The third-order valence-corrected chi connectivity index (χ3v) is 10.0. The van der Waals surface area contributed by atoms with Gasteiger partial charge < -0.3 is 32.5 Å². The number of hydrogen-bond acceptors (Lipinski definition) is 12. The van der Waals surface area contributed by atoms with Crippen molar-refractivity contribution in [1.29, 1.82) is 0 Å². The van der Waals surface area contributed by atoms with E-state index in [1.165, 1.54) is 13.2 Å². The van der Waals surface area contributed by atoms with E-state index in [0.717, 1.165) is 30.5 Å². The van der Waals surface area contributed by atoms with Crippen LogP contribution in [0.3, 0.4) is 0 Å². The summed E-state index contributed by atoms with van der Waals surface area (Å²) < 4.78 is 42.6. The van der Waals surface area contributed by atoms with E-state index >= 15 is 0 Å². The van der Waals surface area contributed by atoms with E-state index in [2.05, 4.69) is 10.3 Å². The first kappa shape index (κ1) is 41.2. The Morgan fingerprint density at radius 2 is 1.48 bits per heavy atom. The van der Waals surface area contributed by atoms with Gasteiger partial charge in [0.15, 0.2) is 11.2 Å². The molecule has 0 bridgehead atoms. The molecule has 0 saturated heterocycles. The Hall–Kier alpha value is -7.51. The molecular formula is C49H43N3O10. The number of aryl methyl sites for hydroxylation is 1. The van der Waals surface area contributed by atoms with Gasteiger partial charge >= 0.3 is 5.97 Å². The number of carbonyl (C=O) groups excluding carboxylic acids is 1. The predicted octanol–water partition coefficient (Wildman–Crippen LogP) is 8.69. The highest BCUT2D eigenvalue weighted by atomic mass is 16.5. The van der Waals surface area contributed by atoms with Crippen molar-refractivity contribution in [2.75, 3.05) is 33.5 Å². The lowest BCUT2D eigenvalue weighted by atomic mass is 10.1. The molecule has 0 amide bonds. The molecule has 0 aliphatic carbocycles. The molecule has 13 heteroatoms. The first-order valence-electron chi connectivity index (χ1n) is 20.2. The van der Waals surface area contributed by atoms with E-state index in [4.69, 9.17) is 32.5 Å². The highest BCUT2D eigenvalue weighted by Crippen LogP contribution is 2.33. The fourth-order valence-corrected chi connectivity index (χ4v) is 6.82. The van der Waals surface area contributed by atoms with Crippen molar-refractivity contribution in [1.82, 2.24) is 15.0 Å². The van der Waals surface area contributed by atoms with Crippen LogP contribution in [0.5, 0.6) is 17.2 Å². The Balaban J connectivity index is 0.763. The minimum atomic E-state index is -0.462. The van der Waals surface area contributed by atoms with Gasteiger partial charge in [0.2, 0.25) is 11.2 Å². The summed E-state index contributed by atoms with van der Waals surface area (Å²) in [6, 6.07) is 37.4. The standard InChI is InChI=1S/C49H43N3O10/c1-56-49(55)36-13-9-10-33(28-36)32-60-48-46(54)41-15-5-6-16-43(41)62-47(48)35-17-19-38(20-18-35)59-27-26-57-25-23-52-31-37(50-51-52)14-7-8-24-58-39-21-22-40-42(53)30-44(61-45(40)29-39)34-11-3-2-4-12-34/h2-6,9-13,15-22,28-31H,7-8,14,23-27,32H2,1H3. The molecule has 3 heterocycles. The van der Waals surface area contributed by atoms with E-state index in [0.29, 0.717) is 88.9 Å². The summed E-state index contributed by atoms with van der Waals surface area (Å²) in [4.78, 5) is 38.3. The lowest BCUT2D eigenvalue weighted by Crippen LogP contribution is -2.12. The van der Waals surface area contributed by atoms with E-state index in [9.17, 15) is 14.4 Å². The number of carbonyl (C=O) groups is 1. The summed E-state index contributed by atoms with van der Waals surface area (Å²) in [5.74, 6) is 1.67. The maximum absolute atomic E-state index is 13.6. The fraction of sp³-hybridized carbons (Fsp3) is 0.204. The molecule has 0 aliphatic heterocycles. The minimum Gasteiger partial charge on any atom is -0.493 e. The lowest BCUT2D eigenvalue weighted by Gasteiger charge is -2.13. The third-order valence-electron chi connectivity index (χ3n) is 10.0. The van der Waals surface area contributed by atoms with Crippen LogP contribution in [-0.2, 0) is 29.0 Å². The van der Waals surface area contributed by atoms with Gasteiger partial charge in [-0.3, -0.25) is 9.59 Å². The first-order chi connectivity index (χ1) is 30.4. The molecule has 8 aromatic rings. The fourth-order valence-electron chi connectivity index (χ4n) is 6.82. The minimum absolute atomic E-state index is 0.0342. The SMILES string of the molecule is COC(=O)c1cccc(COc2c(-c3ccc(OCCOCCn4cc(CCCCOc5ccc6c(=O)cc(-c7ccccc7)oc6c5)nn4)cc3)oc3ccccc3c2=O)c1. The largest absolute Gasteiger partial charge is 0.493 e. The molecule has 5 aromatic carbocycles. The van der Waals surface area contributed by atoms with E-state index in [1.54, 1.807) is 95.7 Å². The molecule has 0 radical (unpaired) electrons. The van der Waals surface area contributed by atoms with Crippen LogP contribution < -0.4 is 25.1 Å². The number of benzene rings is 5. The topological polar surface area (TPSA) is 154 Å². The summed E-state index contributed by atoms with van der Waals surface area (Å²) in [6.07, 6.45) is 4.37. The van der Waals surface area contributed by atoms with E-state index < -0.39 is 5.97 Å². The van der Waals surface area contributed by atoms with Gasteiger partial charge in [-0.1, -0.05) is 59.8 Å². The van der Waals surface area contributed by atoms with Gasteiger partial charge in [-0.15, -0.1) is 5.10 Å². The first-order valence-corrected chi connectivity index (χ1v) is 20.2. The quantitative estimate of drug-likeness (QED) is 0.0566. The predicted molar refractivity (Wildman–Crippen MR) is 233 cm³/mol. The number of nitrogens with zero attached hydrogens (tertiary/aromatic N) is 3. The summed E-state index contributed by atoms with van der Waals surface area (Å²) in [6.45, 7) is 2.23. The van der Waals surface area contributed by atoms with Crippen molar-refractivity contribution in [2.45, 2.75) is 32.4 Å². The zero-order valence-electron chi connectivity index (χ0n) is 34.0. The Labute approximate surface area is 356 Å². The van der Waals surface area contributed by atoms with Crippen LogP contribution in [-0.4, -0.2) is 54.5 Å². The molecule has 0 saturated carbocycles. The second kappa shape index (κ2) is 19.7.